The number of hydrogen-bond acceptors (Lipinski definition) is 4. The minimum absolute atomic E-state index is 0.00942. The highest BCUT2D eigenvalue weighted by molar-refractivity contribution is 7.91. The van der Waals surface area contributed by atoms with Gasteiger partial charge in [0.1, 0.15) is 29.1 Å². The minimum atomic E-state index is -3.77. The monoisotopic (exact) mass is 400 g/mol. The standard InChI is InChI=1S/C17H15F3N2O4S/c18-10-8-12(19)15(13(20)9-10)17(24)22-14(16(21)23)6-7-27(25,26)11-4-2-1-3-5-11/h1-5,8-9,14H,6-7H2,(H2,21,23)(H,22,24)/t14-/m0/s1. The lowest BCUT2D eigenvalue weighted by Crippen LogP contribution is -2.45. The summed E-state index contributed by atoms with van der Waals surface area (Å²) in [5.74, 6) is -7.14. The maximum atomic E-state index is 13.7. The van der Waals surface area contributed by atoms with E-state index in [9.17, 15) is 31.2 Å². The Labute approximate surface area is 153 Å². The van der Waals surface area contributed by atoms with Gasteiger partial charge in [0.05, 0.1) is 10.6 Å². The first kappa shape index (κ1) is 20.4. The van der Waals surface area contributed by atoms with Gasteiger partial charge in [-0.1, -0.05) is 18.2 Å². The van der Waals surface area contributed by atoms with E-state index in [0.29, 0.717) is 12.1 Å². The predicted molar refractivity (Wildman–Crippen MR) is 89.9 cm³/mol. The summed E-state index contributed by atoms with van der Waals surface area (Å²) in [5.41, 5.74) is 4.03. The van der Waals surface area contributed by atoms with Gasteiger partial charge in [-0.05, 0) is 18.6 Å². The maximum Gasteiger partial charge on any atom is 0.257 e. The fraction of sp³-hybridized carbons (Fsp3) is 0.176. The third-order valence-corrected chi connectivity index (χ3v) is 5.42. The Morgan fingerprint density at radius 1 is 1.04 bits per heavy atom. The Kier molecular flexibility index (Phi) is 6.21. The number of nitrogens with one attached hydrogen (secondary N) is 1. The van der Waals surface area contributed by atoms with E-state index in [4.69, 9.17) is 5.73 Å². The van der Waals surface area contributed by atoms with E-state index in [0.717, 1.165) is 0 Å². The van der Waals surface area contributed by atoms with Gasteiger partial charge in [-0.2, -0.15) is 0 Å². The molecule has 3 N–H and O–H groups in total. The highest BCUT2D eigenvalue weighted by Gasteiger charge is 2.26. The molecule has 2 aromatic rings. The summed E-state index contributed by atoms with van der Waals surface area (Å²) in [6.07, 6.45) is -0.414. The lowest BCUT2D eigenvalue weighted by molar-refractivity contribution is -0.119. The van der Waals surface area contributed by atoms with E-state index in [-0.39, 0.29) is 4.90 Å². The van der Waals surface area contributed by atoms with Gasteiger partial charge in [-0.25, -0.2) is 21.6 Å². The number of halogens is 3. The molecular weight excluding hydrogens is 385 g/mol. The smallest absolute Gasteiger partial charge is 0.257 e. The first-order chi connectivity index (χ1) is 12.6. The van der Waals surface area contributed by atoms with Crippen molar-refractivity contribution in [3.8, 4) is 0 Å². The van der Waals surface area contributed by atoms with E-state index in [2.05, 4.69) is 0 Å². The predicted octanol–water partition coefficient (Wildman–Crippen LogP) is 1.55. The maximum absolute atomic E-state index is 13.7. The van der Waals surface area contributed by atoms with Crippen LogP contribution >= 0.6 is 0 Å². The van der Waals surface area contributed by atoms with Crippen molar-refractivity contribution in [3.63, 3.8) is 0 Å². The molecule has 2 rings (SSSR count). The number of rotatable bonds is 7. The van der Waals surface area contributed by atoms with E-state index in [1.54, 1.807) is 6.07 Å². The Hall–Kier alpha value is -2.88. The minimum Gasteiger partial charge on any atom is -0.368 e. The molecule has 10 heteroatoms. The van der Waals surface area contributed by atoms with Crippen molar-refractivity contribution in [2.24, 2.45) is 5.73 Å². The molecule has 0 aliphatic heterocycles. The first-order valence-electron chi connectivity index (χ1n) is 7.64. The van der Waals surface area contributed by atoms with Gasteiger partial charge in [-0.15, -0.1) is 0 Å². The summed E-state index contributed by atoms with van der Waals surface area (Å²) < 4.78 is 64.7. The number of carbonyl (C=O) groups excluding carboxylic acids is 2. The molecule has 0 spiro atoms. The van der Waals surface area contributed by atoms with Gasteiger partial charge in [0.25, 0.3) is 5.91 Å². The third-order valence-electron chi connectivity index (χ3n) is 3.66. The van der Waals surface area contributed by atoms with Crippen LogP contribution in [0, 0.1) is 17.5 Å². The van der Waals surface area contributed by atoms with Crippen molar-refractivity contribution in [2.75, 3.05) is 5.75 Å². The van der Waals surface area contributed by atoms with E-state index in [1.165, 1.54) is 24.3 Å². The number of amides is 2. The van der Waals surface area contributed by atoms with E-state index >= 15 is 0 Å². The zero-order chi connectivity index (χ0) is 20.2. The van der Waals surface area contributed by atoms with Crippen molar-refractivity contribution in [1.29, 1.82) is 0 Å². The van der Waals surface area contributed by atoms with E-state index < -0.39 is 62.9 Å². The van der Waals surface area contributed by atoms with Crippen molar-refractivity contribution in [2.45, 2.75) is 17.4 Å². The van der Waals surface area contributed by atoms with Crippen LogP contribution in [-0.2, 0) is 14.6 Å². The first-order valence-corrected chi connectivity index (χ1v) is 9.29. The average molecular weight is 400 g/mol. The van der Waals surface area contributed by atoms with Crippen LogP contribution < -0.4 is 11.1 Å². The third kappa shape index (κ3) is 5.07. The van der Waals surface area contributed by atoms with Gasteiger partial charge in [0, 0.05) is 12.1 Å². The summed E-state index contributed by atoms with van der Waals surface area (Å²) in [6.45, 7) is 0. The number of carbonyl (C=O) groups is 2. The Bertz CT molecular complexity index is 942. The fourth-order valence-corrected chi connectivity index (χ4v) is 3.65. The Balaban J connectivity index is 2.15. The Morgan fingerprint density at radius 3 is 2.11 bits per heavy atom. The van der Waals surface area contributed by atoms with Gasteiger partial charge in [-0.3, -0.25) is 9.59 Å². The van der Waals surface area contributed by atoms with Crippen LogP contribution in [0.15, 0.2) is 47.4 Å². The topological polar surface area (TPSA) is 106 Å². The van der Waals surface area contributed by atoms with Crippen LogP contribution in [0.1, 0.15) is 16.8 Å². The van der Waals surface area contributed by atoms with Crippen molar-refractivity contribution in [3.05, 3.63) is 65.5 Å². The molecule has 0 saturated heterocycles. The number of primary amides is 1. The van der Waals surface area contributed by atoms with Gasteiger partial charge in [0.15, 0.2) is 9.84 Å². The molecule has 0 fully saturated rings. The van der Waals surface area contributed by atoms with Gasteiger partial charge in [0.2, 0.25) is 5.91 Å². The number of sulfone groups is 1. The fourth-order valence-electron chi connectivity index (χ4n) is 2.29. The largest absolute Gasteiger partial charge is 0.368 e. The van der Waals surface area contributed by atoms with Crippen LogP contribution in [-0.4, -0.2) is 32.0 Å². The van der Waals surface area contributed by atoms with E-state index in [1.807, 2.05) is 5.32 Å². The van der Waals surface area contributed by atoms with Crippen molar-refractivity contribution < 1.29 is 31.2 Å². The second-order valence-electron chi connectivity index (χ2n) is 5.59. The summed E-state index contributed by atoms with van der Waals surface area (Å²) in [5, 5.41) is 1.98. The highest BCUT2D eigenvalue weighted by atomic mass is 32.2. The Morgan fingerprint density at radius 2 is 1.59 bits per heavy atom. The molecule has 0 unspecified atom stereocenters. The molecule has 0 saturated carbocycles. The van der Waals surface area contributed by atoms with Crippen LogP contribution in [0.5, 0.6) is 0 Å². The van der Waals surface area contributed by atoms with Crippen LogP contribution in [0.4, 0.5) is 13.2 Å². The van der Waals surface area contributed by atoms with Gasteiger partial charge >= 0.3 is 0 Å². The zero-order valence-electron chi connectivity index (χ0n) is 13.8. The van der Waals surface area contributed by atoms with Crippen molar-refractivity contribution in [1.82, 2.24) is 5.32 Å². The quantitative estimate of drug-likeness (QED) is 0.735. The van der Waals surface area contributed by atoms with Crippen LogP contribution in [0.2, 0.25) is 0 Å². The SMILES string of the molecule is NC(=O)[C@H](CCS(=O)(=O)c1ccccc1)NC(=O)c1c(F)cc(F)cc1F. The van der Waals surface area contributed by atoms with Crippen molar-refractivity contribution >= 4 is 21.7 Å². The molecular formula is C17H15F3N2O4S. The molecule has 144 valence electrons. The van der Waals surface area contributed by atoms with Crippen LogP contribution in [0.25, 0.3) is 0 Å². The van der Waals surface area contributed by atoms with Crippen LogP contribution in [0.3, 0.4) is 0 Å². The molecule has 0 heterocycles. The molecule has 0 radical (unpaired) electrons. The second-order valence-corrected chi connectivity index (χ2v) is 7.70. The molecule has 0 bridgehead atoms. The molecule has 0 aromatic heterocycles. The average Bonchev–Trinajstić information content (AvgIpc) is 2.58. The number of nitrogens with two attached hydrogens (primary N) is 1. The lowest BCUT2D eigenvalue weighted by atomic mass is 10.1. The number of benzene rings is 2. The normalized spacial score (nSPS) is 12.4. The highest BCUT2D eigenvalue weighted by Crippen LogP contribution is 2.16. The second kappa shape index (κ2) is 8.21. The molecule has 1 atom stereocenters. The summed E-state index contributed by atoms with van der Waals surface area (Å²) >= 11 is 0. The summed E-state index contributed by atoms with van der Waals surface area (Å²) in [7, 11) is -3.77. The number of hydrogen-bond donors (Lipinski definition) is 2. The zero-order valence-corrected chi connectivity index (χ0v) is 14.6. The molecule has 0 aliphatic rings. The molecule has 27 heavy (non-hydrogen) atoms. The summed E-state index contributed by atoms with van der Waals surface area (Å²) in [6, 6.07) is 6.47. The summed E-state index contributed by atoms with van der Waals surface area (Å²) in [4.78, 5) is 23.6. The van der Waals surface area contributed by atoms with Gasteiger partial charge < -0.3 is 11.1 Å². The molecule has 2 amide bonds. The molecule has 2 aromatic carbocycles. The molecule has 6 nitrogen and oxygen atoms in total. The molecule has 0 aliphatic carbocycles. The lowest BCUT2D eigenvalue weighted by Gasteiger charge is -2.16.